The summed E-state index contributed by atoms with van der Waals surface area (Å²) in [5.74, 6) is 1.63. The van der Waals surface area contributed by atoms with E-state index in [1.54, 1.807) is 0 Å². The Hall–Kier alpha value is -6.72. The summed E-state index contributed by atoms with van der Waals surface area (Å²) in [6.45, 7) is 0. The number of aromatic nitrogens is 2. The van der Waals surface area contributed by atoms with Crippen molar-refractivity contribution in [3.63, 3.8) is 0 Å². The van der Waals surface area contributed by atoms with Gasteiger partial charge >= 0.3 is 0 Å². The first kappa shape index (κ1) is 28.3. The van der Waals surface area contributed by atoms with Crippen molar-refractivity contribution in [1.29, 1.82) is 0 Å². The lowest BCUT2D eigenvalue weighted by molar-refractivity contribution is 0.755. The van der Waals surface area contributed by atoms with Gasteiger partial charge in [0, 0.05) is 49.4 Å². The van der Waals surface area contributed by atoms with Gasteiger partial charge in [-0.1, -0.05) is 121 Å². The molecule has 9 aromatic rings. The summed E-state index contributed by atoms with van der Waals surface area (Å²) >= 11 is 0. The van der Waals surface area contributed by atoms with Gasteiger partial charge in [0.15, 0.2) is 6.17 Å². The molecule has 0 saturated heterocycles. The van der Waals surface area contributed by atoms with Crippen LogP contribution in [-0.4, -0.2) is 21.2 Å². The molecule has 0 radical (unpaired) electrons. The summed E-state index contributed by atoms with van der Waals surface area (Å²) in [4.78, 5) is 13.7. The van der Waals surface area contributed by atoms with Crippen LogP contribution < -0.4 is 5.32 Å². The van der Waals surface area contributed by atoms with Crippen molar-refractivity contribution in [3.8, 4) is 16.8 Å². The fourth-order valence-electron chi connectivity index (χ4n) is 7.34. The Kier molecular flexibility index (Phi) is 6.49. The van der Waals surface area contributed by atoms with Crippen LogP contribution in [0, 0.1) is 0 Å². The Morgan fingerprint density at radius 2 is 0.980 bits per heavy atom. The molecule has 0 atom stereocenters. The van der Waals surface area contributed by atoms with Crippen molar-refractivity contribution in [2.24, 2.45) is 9.98 Å². The Balaban J connectivity index is 1.05. The molecule has 0 unspecified atom stereocenters. The molecule has 2 N–H and O–H groups in total. The first-order valence-electron chi connectivity index (χ1n) is 16.9. The van der Waals surface area contributed by atoms with E-state index in [-0.39, 0.29) is 6.17 Å². The van der Waals surface area contributed by atoms with Gasteiger partial charge in [-0.15, -0.1) is 0 Å². The first-order chi connectivity index (χ1) is 24.8. The zero-order chi connectivity index (χ0) is 33.0. The van der Waals surface area contributed by atoms with E-state index in [1.807, 2.05) is 36.4 Å². The van der Waals surface area contributed by atoms with E-state index in [1.165, 1.54) is 43.7 Å². The molecule has 0 amide bonds. The number of hydrogen-bond acceptors (Lipinski definition) is 3. The van der Waals surface area contributed by atoms with Gasteiger partial charge in [0.25, 0.3) is 0 Å². The molecule has 2 aromatic heterocycles. The van der Waals surface area contributed by atoms with Crippen molar-refractivity contribution < 1.29 is 0 Å². The Labute approximate surface area is 288 Å². The number of fused-ring (bicyclic) bond motifs is 6. The minimum absolute atomic E-state index is 0.370. The molecule has 1 aliphatic heterocycles. The topological polar surface area (TPSA) is 57.5 Å². The van der Waals surface area contributed by atoms with Crippen molar-refractivity contribution in [1.82, 2.24) is 14.9 Å². The van der Waals surface area contributed by atoms with Gasteiger partial charge < -0.3 is 14.9 Å². The Morgan fingerprint density at radius 3 is 1.70 bits per heavy atom. The fourth-order valence-corrected chi connectivity index (χ4v) is 7.34. The second-order valence-electron chi connectivity index (χ2n) is 12.8. The Morgan fingerprint density at radius 1 is 0.420 bits per heavy atom. The monoisotopic (exact) mass is 641 g/mol. The third kappa shape index (κ3) is 4.71. The minimum Gasteiger partial charge on any atom is -0.355 e. The Bertz CT molecular complexity index is 2710. The second-order valence-corrected chi connectivity index (χ2v) is 12.8. The summed E-state index contributed by atoms with van der Waals surface area (Å²) in [6, 6.07) is 60.0. The third-order valence-electron chi connectivity index (χ3n) is 9.80. The molecule has 3 heterocycles. The van der Waals surface area contributed by atoms with Crippen LogP contribution >= 0.6 is 0 Å². The number of nitrogens with one attached hydrogen (secondary N) is 2. The predicted octanol–water partition coefficient (Wildman–Crippen LogP) is 10.6. The minimum atomic E-state index is -0.370. The van der Waals surface area contributed by atoms with Gasteiger partial charge in [0.1, 0.15) is 11.7 Å². The highest BCUT2D eigenvalue weighted by atomic mass is 15.2. The molecule has 0 fully saturated rings. The van der Waals surface area contributed by atoms with Gasteiger partial charge in [0.05, 0.1) is 11.0 Å². The van der Waals surface area contributed by atoms with Crippen LogP contribution in [0.5, 0.6) is 0 Å². The van der Waals surface area contributed by atoms with Crippen molar-refractivity contribution in [2.45, 2.75) is 6.17 Å². The number of aromatic amines is 1. The molecule has 50 heavy (non-hydrogen) atoms. The lowest BCUT2D eigenvalue weighted by atomic mass is 10.0. The quantitative estimate of drug-likeness (QED) is 0.193. The number of para-hydroxylation sites is 2. The van der Waals surface area contributed by atoms with Crippen molar-refractivity contribution in [3.05, 3.63) is 187 Å². The molecule has 0 aliphatic carbocycles. The highest BCUT2D eigenvalue weighted by molar-refractivity contribution is 6.16. The average Bonchev–Trinajstić information content (AvgIpc) is 3.73. The van der Waals surface area contributed by atoms with E-state index in [0.29, 0.717) is 0 Å². The molecule has 7 aromatic carbocycles. The maximum atomic E-state index is 5.07. The van der Waals surface area contributed by atoms with Crippen molar-refractivity contribution >= 4 is 55.3 Å². The standard InChI is InChI=1S/C45H31N5/c1-3-11-29(12-4-1)43-47-44(30-13-5-2-6-14-30)49-45(48-43)31-19-23-34(24-20-31)50-41-18-10-8-16-36(41)38-28-33(22-26-42(38)50)32-21-25-40-37(27-32)35-15-7-9-17-39(35)46-40/h1-28,45-46H,(H,47,48,49). The lowest BCUT2D eigenvalue weighted by Gasteiger charge is -2.22. The van der Waals surface area contributed by atoms with E-state index >= 15 is 0 Å². The third-order valence-corrected chi connectivity index (χ3v) is 9.80. The smallest absolute Gasteiger partial charge is 0.169 e. The molecule has 236 valence electrons. The van der Waals surface area contributed by atoms with Crippen LogP contribution in [0.3, 0.4) is 0 Å². The van der Waals surface area contributed by atoms with E-state index in [4.69, 9.17) is 9.98 Å². The number of hydrogen-bond donors (Lipinski definition) is 2. The lowest BCUT2D eigenvalue weighted by Crippen LogP contribution is -2.35. The van der Waals surface area contributed by atoms with Gasteiger partial charge in [-0.3, -0.25) is 0 Å². The van der Waals surface area contributed by atoms with Crippen LogP contribution in [0.4, 0.5) is 0 Å². The van der Waals surface area contributed by atoms with E-state index < -0.39 is 0 Å². The van der Waals surface area contributed by atoms with E-state index in [2.05, 4.69) is 148 Å². The summed E-state index contributed by atoms with van der Waals surface area (Å²) in [7, 11) is 0. The average molecular weight is 642 g/mol. The predicted molar refractivity (Wildman–Crippen MR) is 207 cm³/mol. The summed E-state index contributed by atoms with van der Waals surface area (Å²) < 4.78 is 2.36. The second kappa shape index (κ2) is 11.5. The molecular formula is C45H31N5. The van der Waals surface area contributed by atoms with Crippen LogP contribution in [0.15, 0.2) is 180 Å². The number of aliphatic imine (C=N–C) groups is 2. The largest absolute Gasteiger partial charge is 0.355 e. The number of amidine groups is 2. The molecule has 0 spiro atoms. The summed E-state index contributed by atoms with van der Waals surface area (Å²) in [5, 5.41) is 8.44. The van der Waals surface area contributed by atoms with Crippen LogP contribution in [0.1, 0.15) is 22.9 Å². The van der Waals surface area contributed by atoms with E-state index in [0.717, 1.165) is 45.1 Å². The normalized spacial score (nSPS) is 13.5. The fraction of sp³-hybridized carbons (Fsp3) is 0.0222. The molecule has 0 bridgehead atoms. The molecule has 1 aliphatic rings. The maximum Gasteiger partial charge on any atom is 0.169 e. The highest BCUT2D eigenvalue weighted by Gasteiger charge is 2.21. The molecule has 5 nitrogen and oxygen atoms in total. The highest BCUT2D eigenvalue weighted by Crippen LogP contribution is 2.37. The zero-order valence-electron chi connectivity index (χ0n) is 27.1. The maximum absolute atomic E-state index is 5.07. The van der Waals surface area contributed by atoms with Crippen LogP contribution in [0.2, 0.25) is 0 Å². The van der Waals surface area contributed by atoms with Gasteiger partial charge in [0.2, 0.25) is 0 Å². The van der Waals surface area contributed by atoms with Crippen LogP contribution in [0.25, 0.3) is 60.4 Å². The van der Waals surface area contributed by atoms with Crippen molar-refractivity contribution in [2.75, 3.05) is 0 Å². The van der Waals surface area contributed by atoms with E-state index in [9.17, 15) is 0 Å². The number of benzene rings is 7. The SMILES string of the molecule is c1ccc(C2=NC(c3ccc(-n4c5ccccc5c5cc(-c6ccc7[nH]c8ccccc8c7c6)ccc54)cc3)N=C(c3ccccc3)N2)cc1. The number of nitrogens with zero attached hydrogens (tertiary/aromatic N) is 3. The zero-order valence-corrected chi connectivity index (χ0v) is 27.1. The molecular weight excluding hydrogens is 611 g/mol. The summed E-state index contributed by atoms with van der Waals surface area (Å²) in [6.07, 6.45) is -0.370. The molecule has 5 heteroatoms. The summed E-state index contributed by atoms with van der Waals surface area (Å²) in [5.41, 5.74) is 11.3. The molecule has 0 saturated carbocycles. The van der Waals surface area contributed by atoms with Gasteiger partial charge in [-0.2, -0.15) is 0 Å². The van der Waals surface area contributed by atoms with Gasteiger partial charge in [-0.05, 0) is 65.2 Å². The first-order valence-corrected chi connectivity index (χ1v) is 16.9. The number of H-pyrrole nitrogens is 1. The van der Waals surface area contributed by atoms with Crippen LogP contribution in [-0.2, 0) is 0 Å². The molecule has 10 rings (SSSR count). The van der Waals surface area contributed by atoms with Gasteiger partial charge in [-0.25, -0.2) is 9.98 Å². The number of rotatable bonds is 5.